The summed E-state index contributed by atoms with van der Waals surface area (Å²) in [5, 5.41) is 7.73. The van der Waals surface area contributed by atoms with Crippen molar-refractivity contribution >= 4 is 29.3 Å². The second-order valence-corrected chi connectivity index (χ2v) is 6.40. The Bertz CT molecular complexity index is 983. The van der Waals surface area contributed by atoms with Gasteiger partial charge >= 0.3 is 0 Å². The van der Waals surface area contributed by atoms with Crippen LogP contribution < -0.4 is 10.1 Å². The maximum absolute atomic E-state index is 12.3. The Kier molecular flexibility index (Phi) is 6.45. The highest BCUT2D eigenvalue weighted by Gasteiger charge is 2.12. The van der Waals surface area contributed by atoms with Crippen molar-refractivity contribution < 1.29 is 9.53 Å². The number of nitrogens with zero attached hydrogens (tertiary/aromatic N) is 3. The van der Waals surface area contributed by atoms with E-state index in [1.807, 2.05) is 44.2 Å². The van der Waals surface area contributed by atoms with E-state index in [0.717, 1.165) is 11.3 Å². The summed E-state index contributed by atoms with van der Waals surface area (Å²) in [6, 6.07) is 13.4. The lowest BCUT2D eigenvalue weighted by molar-refractivity contribution is -0.111. The fourth-order valence-electron chi connectivity index (χ4n) is 2.69. The van der Waals surface area contributed by atoms with E-state index in [9.17, 15) is 4.79 Å². The number of rotatable bonds is 7. The van der Waals surface area contributed by atoms with Gasteiger partial charge in [0.25, 0.3) is 0 Å². The first kappa shape index (κ1) is 19.6. The van der Waals surface area contributed by atoms with Gasteiger partial charge in [0.05, 0.1) is 18.8 Å². The molecule has 2 aromatic heterocycles. The van der Waals surface area contributed by atoms with Crippen LogP contribution in [0.1, 0.15) is 23.7 Å². The predicted molar refractivity (Wildman–Crippen MR) is 111 cm³/mol. The Morgan fingerprint density at radius 2 is 2.04 bits per heavy atom. The van der Waals surface area contributed by atoms with Gasteiger partial charge in [-0.3, -0.25) is 4.79 Å². The first-order valence-corrected chi connectivity index (χ1v) is 9.30. The largest absolute Gasteiger partial charge is 0.476 e. The van der Waals surface area contributed by atoms with Crippen molar-refractivity contribution in [3.8, 4) is 5.88 Å². The molecule has 1 aromatic carbocycles. The van der Waals surface area contributed by atoms with Crippen molar-refractivity contribution in [2.75, 3.05) is 11.9 Å². The minimum Gasteiger partial charge on any atom is -0.476 e. The Morgan fingerprint density at radius 1 is 1.25 bits per heavy atom. The molecule has 0 saturated heterocycles. The lowest BCUT2D eigenvalue weighted by Crippen LogP contribution is -2.10. The number of halogens is 1. The zero-order valence-corrected chi connectivity index (χ0v) is 16.5. The Morgan fingerprint density at radius 3 is 2.79 bits per heavy atom. The molecule has 28 heavy (non-hydrogen) atoms. The molecule has 6 nitrogen and oxygen atoms in total. The van der Waals surface area contributed by atoms with E-state index in [-0.39, 0.29) is 5.91 Å². The molecule has 0 atom stereocenters. The predicted octanol–water partition coefficient (Wildman–Crippen LogP) is 4.34. The highest BCUT2D eigenvalue weighted by Crippen LogP contribution is 2.23. The van der Waals surface area contributed by atoms with Crippen LogP contribution in [0.2, 0.25) is 5.15 Å². The number of carbonyl (C=O) groups excluding carboxylic acids is 1. The van der Waals surface area contributed by atoms with Crippen molar-refractivity contribution in [2.45, 2.75) is 20.4 Å². The van der Waals surface area contributed by atoms with Crippen molar-refractivity contribution in [3.63, 3.8) is 0 Å². The fourth-order valence-corrected chi connectivity index (χ4v) is 2.99. The standard InChI is InChI=1S/C21H21ClN4O2/c1-3-28-21-18(10-7-13-23-21)24-19(27)12-11-17-15(2)25-26(20(17)22)14-16-8-5-4-6-9-16/h4-13H,3,14H2,1-2H3,(H,24,27). The normalized spacial score (nSPS) is 11.0. The maximum Gasteiger partial charge on any atom is 0.248 e. The first-order valence-electron chi connectivity index (χ1n) is 8.92. The average molecular weight is 397 g/mol. The Balaban J connectivity index is 1.73. The molecule has 0 fully saturated rings. The first-order chi connectivity index (χ1) is 13.6. The lowest BCUT2D eigenvalue weighted by Gasteiger charge is -2.08. The monoisotopic (exact) mass is 396 g/mol. The number of aromatic nitrogens is 3. The molecule has 0 bridgehead atoms. The molecule has 0 spiro atoms. The van der Waals surface area contributed by atoms with E-state index in [1.165, 1.54) is 6.08 Å². The molecular weight excluding hydrogens is 376 g/mol. The van der Waals surface area contributed by atoms with Crippen LogP contribution in [0.3, 0.4) is 0 Å². The molecule has 1 amide bonds. The van der Waals surface area contributed by atoms with Gasteiger partial charge in [-0.15, -0.1) is 0 Å². The number of hydrogen-bond acceptors (Lipinski definition) is 4. The zero-order valence-electron chi connectivity index (χ0n) is 15.7. The molecule has 7 heteroatoms. The van der Waals surface area contributed by atoms with Crippen LogP contribution in [0, 0.1) is 6.92 Å². The number of hydrogen-bond donors (Lipinski definition) is 1. The number of pyridine rings is 1. The number of benzene rings is 1. The number of ether oxygens (including phenoxy) is 1. The average Bonchev–Trinajstić information content (AvgIpc) is 2.95. The third kappa shape index (κ3) is 4.78. The fraction of sp³-hybridized carbons (Fsp3) is 0.190. The second kappa shape index (κ2) is 9.19. The van der Waals surface area contributed by atoms with Gasteiger partial charge in [0.1, 0.15) is 10.8 Å². The Hall–Kier alpha value is -3.12. The van der Waals surface area contributed by atoms with E-state index in [0.29, 0.717) is 35.4 Å². The number of carbonyl (C=O) groups is 1. The molecule has 0 saturated carbocycles. The molecule has 3 aromatic rings. The van der Waals surface area contributed by atoms with Crippen LogP contribution in [0.15, 0.2) is 54.7 Å². The van der Waals surface area contributed by atoms with Crippen LogP contribution in [-0.2, 0) is 11.3 Å². The molecule has 3 rings (SSSR count). The number of nitrogens with one attached hydrogen (secondary N) is 1. The number of amides is 1. The molecule has 0 aliphatic carbocycles. The number of aryl methyl sites for hydroxylation is 1. The summed E-state index contributed by atoms with van der Waals surface area (Å²) < 4.78 is 7.13. The van der Waals surface area contributed by atoms with E-state index >= 15 is 0 Å². The molecule has 144 valence electrons. The molecule has 0 aliphatic heterocycles. The third-order valence-corrected chi connectivity index (χ3v) is 4.39. The van der Waals surface area contributed by atoms with Crippen molar-refractivity contribution in [3.05, 3.63) is 76.7 Å². The molecule has 1 N–H and O–H groups in total. The maximum atomic E-state index is 12.3. The molecule has 0 aliphatic rings. The summed E-state index contributed by atoms with van der Waals surface area (Å²) in [4.78, 5) is 16.4. The smallest absolute Gasteiger partial charge is 0.248 e. The minimum atomic E-state index is -0.305. The van der Waals surface area contributed by atoms with Gasteiger partial charge in [-0.25, -0.2) is 9.67 Å². The summed E-state index contributed by atoms with van der Waals surface area (Å²) in [6.45, 7) is 4.75. The van der Waals surface area contributed by atoms with Gasteiger partial charge in [-0.2, -0.15) is 5.10 Å². The van der Waals surface area contributed by atoms with Crippen LogP contribution >= 0.6 is 11.6 Å². The second-order valence-electron chi connectivity index (χ2n) is 6.04. The van der Waals surface area contributed by atoms with Crippen LogP contribution in [0.5, 0.6) is 5.88 Å². The summed E-state index contributed by atoms with van der Waals surface area (Å²) in [5.74, 6) is 0.0804. The summed E-state index contributed by atoms with van der Waals surface area (Å²) in [6.07, 6.45) is 4.70. The van der Waals surface area contributed by atoms with E-state index in [1.54, 1.807) is 29.1 Å². The van der Waals surface area contributed by atoms with Gasteiger partial charge in [0.15, 0.2) is 0 Å². The zero-order chi connectivity index (χ0) is 19.9. The number of anilines is 1. The molecule has 2 heterocycles. The highest BCUT2D eigenvalue weighted by atomic mass is 35.5. The van der Waals surface area contributed by atoms with Gasteiger partial charge in [-0.05, 0) is 37.6 Å². The molecule has 0 radical (unpaired) electrons. The summed E-state index contributed by atoms with van der Waals surface area (Å²) in [5.41, 5.74) is 3.08. The topological polar surface area (TPSA) is 69.0 Å². The van der Waals surface area contributed by atoms with E-state index in [4.69, 9.17) is 16.3 Å². The quantitative estimate of drug-likeness (QED) is 0.603. The summed E-state index contributed by atoms with van der Waals surface area (Å²) >= 11 is 6.48. The van der Waals surface area contributed by atoms with Gasteiger partial charge < -0.3 is 10.1 Å². The molecule has 0 unspecified atom stereocenters. The van der Waals surface area contributed by atoms with E-state index in [2.05, 4.69) is 15.4 Å². The van der Waals surface area contributed by atoms with Gasteiger partial charge in [0.2, 0.25) is 11.8 Å². The van der Waals surface area contributed by atoms with Gasteiger partial charge in [0, 0.05) is 17.8 Å². The minimum absolute atomic E-state index is 0.305. The highest BCUT2D eigenvalue weighted by molar-refractivity contribution is 6.31. The van der Waals surface area contributed by atoms with Crippen molar-refractivity contribution in [1.82, 2.24) is 14.8 Å². The van der Waals surface area contributed by atoms with Crippen molar-refractivity contribution in [2.24, 2.45) is 0 Å². The van der Waals surface area contributed by atoms with Crippen molar-refractivity contribution in [1.29, 1.82) is 0 Å². The lowest BCUT2D eigenvalue weighted by atomic mass is 10.2. The van der Waals surface area contributed by atoms with Crippen LogP contribution in [0.4, 0.5) is 5.69 Å². The van der Waals surface area contributed by atoms with Gasteiger partial charge in [-0.1, -0.05) is 41.9 Å². The summed E-state index contributed by atoms with van der Waals surface area (Å²) in [7, 11) is 0. The Labute approximate surface area is 168 Å². The van der Waals surface area contributed by atoms with Crippen LogP contribution in [-0.4, -0.2) is 27.3 Å². The van der Waals surface area contributed by atoms with Crippen LogP contribution in [0.25, 0.3) is 6.08 Å². The molecular formula is C21H21ClN4O2. The third-order valence-electron chi connectivity index (χ3n) is 4.00. The SMILES string of the molecule is CCOc1ncccc1NC(=O)C=Cc1c(C)nn(Cc2ccccc2)c1Cl. The van der Waals surface area contributed by atoms with E-state index < -0.39 is 0 Å².